The van der Waals surface area contributed by atoms with Crippen LogP contribution in [-0.4, -0.2) is 29.9 Å². The Balaban J connectivity index is 2.27. The summed E-state index contributed by atoms with van der Waals surface area (Å²) in [6.07, 6.45) is 8.72. The SMILES string of the molecule is CCCC(C)N(C)C(=O)CCC1CCCC(N)C1. The maximum absolute atomic E-state index is 12.1. The van der Waals surface area contributed by atoms with E-state index >= 15 is 0 Å². The summed E-state index contributed by atoms with van der Waals surface area (Å²) in [6, 6.07) is 0.742. The Morgan fingerprint density at radius 1 is 1.44 bits per heavy atom. The number of hydrogen-bond donors (Lipinski definition) is 1. The molecule has 1 fully saturated rings. The van der Waals surface area contributed by atoms with Gasteiger partial charge in [0.25, 0.3) is 0 Å². The normalized spacial score (nSPS) is 25.8. The van der Waals surface area contributed by atoms with Crippen LogP contribution in [0.2, 0.25) is 0 Å². The number of carbonyl (C=O) groups excluding carboxylic acids is 1. The van der Waals surface area contributed by atoms with Crippen molar-refractivity contribution in [3.8, 4) is 0 Å². The van der Waals surface area contributed by atoms with Crippen molar-refractivity contribution in [3.63, 3.8) is 0 Å². The van der Waals surface area contributed by atoms with Crippen LogP contribution >= 0.6 is 0 Å². The topological polar surface area (TPSA) is 46.3 Å². The van der Waals surface area contributed by atoms with E-state index in [4.69, 9.17) is 5.73 Å². The van der Waals surface area contributed by atoms with E-state index in [1.54, 1.807) is 0 Å². The van der Waals surface area contributed by atoms with Gasteiger partial charge in [0.1, 0.15) is 0 Å². The number of hydrogen-bond acceptors (Lipinski definition) is 2. The second-order valence-electron chi connectivity index (χ2n) is 5.97. The van der Waals surface area contributed by atoms with Crippen molar-refractivity contribution >= 4 is 5.91 Å². The lowest BCUT2D eigenvalue weighted by Crippen LogP contribution is -2.35. The average Bonchev–Trinajstić information content (AvgIpc) is 2.35. The predicted octanol–water partition coefficient (Wildman–Crippen LogP) is 2.93. The molecule has 3 atom stereocenters. The second-order valence-corrected chi connectivity index (χ2v) is 5.97. The number of carbonyl (C=O) groups is 1. The lowest BCUT2D eigenvalue weighted by Gasteiger charge is -2.28. The van der Waals surface area contributed by atoms with Crippen molar-refractivity contribution in [3.05, 3.63) is 0 Å². The zero-order chi connectivity index (χ0) is 13.5. The van der Waals surface area contributed by atoms with Crippen molar-refractivity contribution in [2.24, 2.45) is 11.7 Å². The van der Waals surface area contributed by atoms with E-state index in [0.29, 0.717) is 30.3 Å². The quantitative estimate of drug-likeness (QED) is 0.792. The molecule has 1 aliphatic carbocycles. The van der Waals surface area contributed by atoms with Gasteiger partial charge in [-0.1, -0.05) is 26.2 Å². The maximum atomic E-state index is 12.1. The lowest BCUT2D eigenvalue weighted by molar-refractivity contribution is -0.132. The molecule has 3 unspecified atom stereocenters. The summed E-state index contributed by atoms with van der Waals surface area (Å²) in [5.41, 5.74) is 5.98. The second kappa shape index (κ2) is 7.78. The first-order valence-corrected chi connectivity index (χ1v) is 7.55. The molecule has 18 heavy (non-hydrogen) atoms. The van der Waals surface area contributed by atoms with E-state index in [0.717, 1.165) is 32.1 Å². The molecule has 2 N–H and O–H groups in total. The number of amides is 1. The highest BCUT2D eigenvalue weighted by atomic mass is 16.2. The first-order valence-electron chi connectivity index (χ1n) is 7.55. The van der Waals surface area contributed by atoms with Crippen LogP contribution in [0.15, 0.2) is 0 Å². The van der Waals surface area contributed by atoms with Crippen LogP contribution in [0.25, 0.3) is 0 Å². The van der Waals surface area contributed by atoms with Gasteiger partial charge < -0.3 is 10.6 Å². The Labute approximate surface area is 112 Å². The largest absolute Gasteiger partial charge is 0.343 e. The molecule has 0 aromatic rings. The molecule has 0 saturated heterocycles. The highest BCUT2D eigenvalue weighted by molar-refractivity contribution is 5.76. The van der Waals surface area contributed by atoms with Crippen molar-refractivity contribution in [2.75, 3.05) is 7.05 Å². The Bertz CT molecular complexity index is 255. The van der Waals surface area contributed by atoms with Gasteiger partial charge in [-0.2, -0.15) is 0 Å². The van der Waals surface area contributed by atoms with E-state index in [1.165, 1.54) is 12.8 Å². The molecule has 106 valence electrons. The zero-order valence-corrected chi connectivity index (χ0v) is 12.3. The molecular formula is C15H30N2O. The van der Waals surface area contributed by atoms with Crippen molar-refractivity contribution in [1.82, 2.24) is 4.90 Å². The van der Waals surface area contributed by atoms with E-state index in [9.17, 15) is 4.79 Å². The molecule has 1 rings (SSSR count). The molecule has 1 amide bonds. The number of nitrogens with two attached hydrogens (primary N) is 1. The maximum Gasteiger partial charge on any atom is 0.222 e. The molecule has 1 aliphatic rings. The monoisotopic (exact) mass is 254 g/mol. The Morgan fingerprint density at radius 3 is 2.78 bits per heavy atom. The molecule has 3 heteroatoms. The molecule has 0 aliphatic heterocycles. The summed E-state index contributed by atoms with van der Waals surface area (Å²) in [5, 5.41) is 0. The standard InChI is InChI=1S/C15H30N2O/c1-4-6-12(2)17(3)15(18)10-9-13-7-5-8-14(16)11-13/h12-14H,4-11,16H2,1-3H3. The summed E-state index contributed by atoms with van der Waals surface area (Å²) >= 11 is 0. The molecule has 0 radical (unpaired) electrons. The molecule has 3 nitrogen and oxygen atoms in total. The highest BCUT2D eigenvalue weighted by Crippen LogP contribution is 2.27. The smallest absolute Gasteiger partial charge is 0.222 e. The number of nitrogens with zero attached hydrogens (tertiary/aromatic N) is 1. The molecular weight excluding hydrogens is 224 g/mol. The van der Waals surface area contributed by atoms with E-state index in [-0.39, 0.29) is 0 Å². The highest BCUT2D eigenvalue weighted by Gasteiger charge is 2.21. The van der Waals surface area contributed by atoms with Gasteiger partial charge in [0, 0.05) is 25.6 Å². The Hall–Kier alpha value is -0.570. The van der Waals surface area contributed by atoms with Gasteiger partial charge in [0.2, 0.25) is 5.91 Å². The number of rotatable bonds is 6. The van der Waals surface area contributed by atoms with Crippen LogP contribution in [0.3, 0.4) is 0 Å². The molecule has 0 aromatic heterocycles. The van der Waals surface area contributed by atoms with Gasteiger partial charge in [-0.15, -0.1) is 0 Å². The first kappa shape index (κ1) is 15.5. The van der Waals surface area contributed by atoms with Crippen LogP contribution in [0.4, 0.5) is 0 Å². The van der Waals surface area contributed by atoms with Gasteiger partial charge in [0.05, 0.1) is 0 Å². The van der Waals surface area contributed by atoms with Gasteiger partial charge in [0.15, 0.2) is 0 Å². The fourth-order valence-corrected chi connectivity index (χ4v) is 2.96. The summed E-state index contributed by atoms with van der Waals surface area (Å²) in [7, 11) is 1.94. The van der Waals surface area contributed by atoms with Crippen LogP contribution in [-0.2, 0) is 4.79 Å². The van der Waals surface area contributed by atoms with E-state index in [2.05, 4.69) is 13.8 Å². The van der Waals surface area contributed by atoms with Crippen molar-refractivity contribution in [2.45, 2.75) is 77.3 Å². The van der Waals surface area contributed by atoms with Gasteiger partial charge in [-0.05, 0) is 38.5 Å². The lowest BCUT2D eigenvalue weighted by atomic mass is 9.83. The molecule has 0 heterocycles. The van der Waals surface area contributed by atoms with Crippen LogP contribution in [0.1, 0.15) is 65.2 Å². The minimum absolute atomic E-state index is 0.301. The van der Waals surface area contributed by atoms with Crippen molar-refractivity contribution in [1.29, 1.82) is 0 Å². The minimum Gasteiger partial charge on any atom is -0.343 e. The zero-order valence-electron chi connectivity index (χ0n) is 12.3. The third kappa shape index (κ3) is 4.97. The fraction of sp³-hybridized carbons (Fsp3) is 0.933. The van der Waals surface area contributed by atoms with Crippen molar-refractivity contribution < 1.29 is 4.79 Å². The average molecular weight is 254 g/mol. The van der Waals surface area contributed by atoms with Crippen LogP contribution < -0.4 is 5.73 Å². The molecule has 0 aromatic carbocycles. The summed E-state index contributed by atoms with van der Waals surface area (Å²) in [6.45, 7) is 4.30. The summed E-state index contributed by atoms with van der Waals surface area (Å²) in [4.78, 5) is 14.0. The van der Waals surface area contributed by atoms with Crippen LogP contribution in [0.5, 0.6) is 0 Å². The van der Waals surface area contributed by atoms with Crippen LogP contribution in [0, 0.1) is 5.92 Å². The summed E-state index contributed by atoms with van der Waals surface area (Å²) in [5.74, 6) is 0.975. The van der Waals surface area contributed by atoms with E-state index in [1.807, 2.05) is 11.9 Å². The predicted molar refractivity (Wildman–Crippen MR) is 76.3 cm³/mol. The third-order valence-corrected chi connectivity index (χ3v) is 4.35. The Morgan fingerprint density at radius 2 is 2.17 bits per heavy atom. The third-order valence-electron chi connectivity index (χ3n) is 4.35. The fourth-order valence-electron chi connectivity index (χ4n) is 2.96. The van der Waals surface area contributed by atoms with Gasteiger partial charge in [-0.3, -0.25) is 4.79 Å². The molecule has 1 saturated carbocycles. The van der Waals surface area contributed by atoms with E-state index < -0.39 is 0 Å². The summed E-state index contributed by atoms with van der Waals surface area (Å²) < 4.78 is 0. The Kier molecular flexibility index (Phi) is 6.69. The molecule has 0 spiro atoms. The molecule has 0 bridgehead atoms. The van der Waals surface area contributed by atoms with Gasteiger partial charge in [-0.25, -0.2) is 0 Å². The minimum atomic E-state index is 0.301. The van der Waals surface area contributed by atoms with Gasteiger partial charge >= 0.3 is 0 Å². The first-order chi connectivity index (χ1) is 8.54.